The number of fused-ring (bicyclic) bond motifs is 1. The number of benzene rings is 1. The molecule has 168 valence electrons. The normalized spacial score (nSPS) is 25.0. The van der Waals surface area contributed by atoms with E-state index in [4.69, 9.17) is 14.5 Å². The standard InChI is InChI=1S/C24H37N3O2.HI/c1-2-25-24(27-16-21-8-3-4-9-22(21)17-27)26-15-19-6-5-7-20(14-19)18-29-23-10-12-28-13-11-23;/h5-7,14,21-23H,2-4,8-13,15-18H2,1H3,(H,25,26);1H. The van der Waals surface area contributed by atoms with Crippen molar-refractivity contribution in [3.63, 3.8) is 0 Å². The highest BCUT2D eigenvalue weighted by Crippen LogP contribution is 2.36. The van der Waals surface area contributed by atoms with Gasteiger partial charge in [0.05, 0.1) is 19.3 Å². The third-order valence-electron chi connectivity index (χ3n) is 6.67. The predicted octanol–water partition coefficient (Wildman–Crippen LogP) is 4.59. The van der Waals surface area contributed by atoms with Gasteiger partial charge in [-0.15, -0.1) is 24.0 Å². The van der Waals surface area contributed by atoms with Crippen molar-refractivity contribution >= 4 is 29.9 Å². The molecule has 2 unspecified atom stereocenters. The van der Waals surface area contributed by atoms with E-state index in [2.05, 4.69) is 41.4 Å². The topological polar surface area (TPSA) is 46.1 Å². The SMILES string of the molecule is CCNC(=NCc1cccc(COC2CCOCC2)c1)N1CC2CCCCC2C1.I. The van der Waals surface area contributed by atoms with Crippen LogP contribution < -0.4 is 5.32 Å². The maximum Gasteiger partial charge on any atom is 0.194 e. The summed E-state index contributed by atoms with van der Waals surface area (Å²) in [5, 5.41) is 3.53. The number of hydrogen-bond acceptors (Lipinski definition) is 3. The first-order valence-corrected chi connectivity index (χ1v) is 11.6. The van der Waals surface area contributed by atoms with Crippen molar-refractivity contribution in [3.8, 4) is 0 Å². The van der Waals surface area contributed by atoms with E-state index in [1.54, 1.807) is 0 Å². The van der Waals surface area contributed by atoms with Crippen LogP contribution in [0.25, 0.3) is 0 Å². The Hall–Kier alpha value is -0.860. The number of nitrogens with zero attached hydrogens (tertiary/aromatic N) is 2. The minimum Gasteiger partial charge on any atom is -0.381 e. The molecule has 1 N–H and O–H groups in total. The van der Waals surface area contributed by atoms with Crippen LogP contribution in [-0.4, -0.2) is 49.8 Å². The van der Waals surface area contributed by atoms with Gasteiger partial charge in [-0.25, -0.2) is 4.99 Å². The molecule has 0 radical (unpaired) electrons. The van der Waals surface area contributed by atoms with Gasteiger partial charge in [0.1, 0.15) is 0 Å². The number of nitrogens with one attached hydrogen (secondary N) is 1. The molecule has 1 aliphatic carbocycles. The molecule has 0 aromatic heterocycles. The zero-order valence-electron chi connectivity index (χ0n) is 18.4. The van der Waals surface area contributed by atoms with E-state index in [0.29, 0.717) is 12.7 Å². The summed E-state index contributed by atoms with van der Waals surface area (Å²) in [4.78, 5) is 7.49. The Bertz CT molecular complexity index is 664. The van der Waals surface area contributed by atoms with Gasteiger partial charge in [-0.3, -0.25) is 0 Å². The van der Waals surface area contributed by atoms with Gasteiger partial charge < -0.3 is 19.7 Å². The van der Waals surface area contributed by atoms with Crippen molar-refractivity contribution in [1.29, 1.82) is 0 Å². The van der Waals surface area contributed by atoms with E-state index in [9.17, 15) is 0 Å². The Balaban J connectivity index is 0.00000256. The second kappa shape index (κ2) is 12.2. The lowest BCUT2D eigenvalue weighted by atomic mass is 9.82. The van der Waals surface area contributed by atoms with Crippen LogP contribution in [0.3, 0.4) is 0 Å². The van der Waals surface area contributed by atoms with Crippen LogP contribution in [0.4, 0.5) is 0 Å². The molecule has 1 saturated carbocycles. The second-order valence-corrected chi connectivity index (χ2v) is 8.82. The van der Waals surface area contributed by atoms with Crippen molar-refractivity contribution in [2.24, 2.45) is 16.8 Å². The highest BCUT2D eigenvalue weighted by Gasteiger charge is 2.35. The third kappa shape index (κ3) is 6.57. The summed E-state index contributed by atoms with van der Waals surface area (Å²) < 4.78 is 11.5. The lowest BCUT2D eigenvalue weighted by Gasteiger charge is -2.22. The third-order valence-corrected chi connectivity index (χ3v) is 6.67. The van der Waals surface area contributed by atoms with Crippen molar-refractivity contribution in [2.45, 2.75) is 64.7 Å². The second-order valence-electron chi connectivity index (χ2n) is 8.82. The Labute approximate surface area is 199 Å². The maximum absolute atomic E-state index is 6.09. The molecule has 30 heavy (non-hydrogen) atoms. The van der Waals surface area contributed by atoms with Gasteiger partial charge in [0.25, 0.3) is 0 Å². The average Bonchev–Trinajstić information content (AvgIpc) is 3.20. The Morgan fingerprint density at radius 1 is 1.10 bits per heavy atom. The maximum atomic E-state index is 6.09. The smallest absolute Gasteiger partial charge is 0.194 e. The number of halogens is 1. The van der Waals surface area contributed by atoms with Crippen molar-refractivity contribution in [2.75, 3.05) is 32.8 Å². The molecule has 6 heteroatoms. The largest absolute Gasteiger partial charge is 0.381 e. The van der Waals surface area contributed by atoms with Gasteiger partial charge in [-0.2, -0.15) is 0 Å². The lowest BCUT2D eigenvalue weighted by Crippen LogP contribution is -2.40. The van der Waals surface area contributed by atoms with E-state index in [1.165, 1.54) is 49.9 Å². The summed E-state index contributed by atoms with van der Waals surface area (Å²) in [6, 6.07) is 8.71. The molecule has 0 amide bonds. The molecule has 1 aromatic rings. The van der Waals surface area contributed by atoms with E-state index < -0.39 is 0 Å². The summed E-state index contributed by atoms with van der Waals surface area (Å²) in [7, 11) is 0. The number of ether oxygens (including phenoxy) is 2. The Morgan fingerprint density at radius 3 is 2.50 bits per heavy atom. The van der Waals surface area contributed by atoms with Crippen LogP contribution in [0.15, 0.2) is 29.3 Å². The van der Waals surface area contributed by atoms with E-state index in [-0.39, 0.29) is 24.0 Å². The van der Waals surface area contributed by atoms with E-state index >= 15 is 0 Å². The van der Waals surface area contributed by atoms with Crippen LogP contribution in [-0.2, 0) is 22.6 Å². The predicted molar refractivity (Wildman–Crippen MR) is 132 cm³/mol. The highest BCUT2D eigenvalue weighted by molar-refractivity contribution is 14.0. The fraction of sp³-hybridized carbons (Fsp3) is 0.708. The molecule has 0 bridgehead atoms. The summed E-state index contributed by atoms with van der Waals surface area (Å²) in [5.41, 5.74) is 2.49. The summed E-state index contributed by atoms with van der Waals surface area (Å²) in [5.74, 6) is 2.84. The summed E-state index contributed by atoms with van der Waals surface area (Å²) in [6.45, 7) is 8.48. The first-order chi connectivity index (χ1) is 14.3. The van der Waals surface area contributed by atoms with Crippen LogP contribution in [0.5, 0.6) is 0 Å². The van der Waals surface area contributed by atoms with Crippen molar-refractivity contribution in [3.05, 3.63) is 35.4 Å². The van der Waals surface area contributed by atoms with Gasteiger partial charge in [0.15, 0.2) is 5.96 Å². The van der Waals surface area contributed by atoms with Crippen LogP contribution in [0.1, 0.15) is 56.6 Å². The zero-order valence-corrected chi connectivity index (χ0v) is 20.7. The molecule has 2 atom stereocenters. The number of rotatable bonds is 6. The Morgan fingerprint density at radius 2 is 1.80 bits per heavy atom. The number of hydrogen-bond donors (Lipinski definition) is 1. The number of guanidine groups is 1. The minimum absolute atomic E-state index is 0. The number of aliphatic imine (C=N–C) groups is 1. The molecule has 3 fully saturated rings. The molecule has 5 nitrogen and oxygen atoms in total. The van der Waals surface area contributed by atoms with Crippen molar-refractivity contribution in [1.82, 2.24) is 10.2 Å². The van der Waals surface area contributed by atoms with Gasteiger partial charge in [0.2, 0.25) is 0 Å². The molecular weight excluding hydrogens is 489 g/mol. The fourth-order valence-corrected chi connectivity index (χ4v) is 5.05. The van der Waals surface area contributed by atoms with Crippen molar-refractivity contribution < 1.29 is 9.47 Å². The first kappa shape index (κ1) is 23.8. The van der Waals surface area contributed by atoms with Gasteiger partial charge >= 0.3 is 0 Å². The summed E-state index contributed by atoms with van der Waals surface area (Å²) >= 11 is 0. The van der Waals surface area contributed by atoms with E-state index in [0.717, 1.165) is 56.9 Å². The molecule has 2 aliphatic heterocycles. The molecule has 3 aliphatic rings. The monoisotopic (exact) mass is 527 g/mol. The molecular formula is C24H38IN3O2. The van der Waals surface area contributed by atoms with Gasteiger partial charge in [-0.05, 0) is 55.6 Å². The van der Waals surface area contributed by atoms with Gasteiger partial charge in [-0.1, -0.05) is 37.1 Å². The molecule has 2 saturated heterocycles. The Kier molecular flexibility index (Phi) is 9.71. The van der Waals surface area contributed by atoms with Crippen LogP contribution in [0, 0.1) is 11.8 Å². The molecule has 0 spiro atoms. The van der Waals surface area contributed by atoms with Crippen LogP contribution >= 0.6 is 24.0 Å². The first-order valence-electron chi connectivity index (χ1n) is 11.6. The number of likely N-dealkylation sites (tertiary alicyclic amines) is 1. The van der Waals surface area contributed by atoms with E-state index in [1.807, 2.05) is 0 Å². The van der Waals surface area contributed by atoms with Gasteiger partial charge in [0, 0.05) is 32.8 Å². The fourth-order valence-electron chi connectivity index (χ4n) is 5.05. The molecule has 1 aromatic carbocycles. The average molecular weight is 527 g/mol. The quantitative estimate of drug-likeness (QED) is 0.334. The lowest BCUT2D eigenvalue weighted by molar-refractivity contribution is -0.0390. The zero-order chi connectivity index (χ0) is 19.9. The minimum atomic E-state index is 0. The highest BCUT2D eigenvalue weighted by atomic mass is 127. The van der Waals surface area contributed by atoms with Crippen LogP contribution in [0.2, 0.25) is 0 Å². The summed E-state index contributed by atoms with van der Waals surface area (Å²) in [6.07, 6.45) is 7.97. The molecule has 2 heterocycles. The molecule has 4 rings (SSSR count).